The summed E-state index contributed by atoms with van der Waals surface area (Å²) in [7, 11) is 1.82. The number of rotatable bonds is 4. The molecule has 0 saturated heterocycles. The van der Waals surface area contributed by atoms with Crippen LogP contribution in [0.25, 0.3) is 5.69 Å². The van der Waals surface area contributed by atoms with E-state index in [2.05, 4.69) is 21.0 Å². The first-order valence-electron chi connectivity index (χ1n) is 8.07. The molecule has 25 heavy (non-hydrogen) atoms. The van der Waals surface area contributed by atoms with Gasteiger partial charge in [0, 0.05) is 29.3 Å². The molecule has 3 rings (SSSR count). The van der Waals surface area contributed by atoms with E-state index >= 15 is 0 Å². The average molecular weight is 398 g/mol. The van der Waals surface area contributed by atoms with E-state index in [-0.39, 0.29) is 5.91 Å². The van der Waals surface area contributed by atoms with Gasteiger partial charge in [-0.1, -0.05) is 28.1 Å². The maximum absolute atomic E-state index is 12.6. The standard InChI is InChI=1S/C20H20BrN3O/c1-14-12-15(2)24(22-14)19-10-6-17(7-11-19)20(25)23(3)13-16-4-8-18(21)9-5-16/h4-12H,13H2,1-3H3. The Morgan fingerprint density at radius 1 is 1.08 bits per heavy atom. The van der Waals surface area contributed by atoms with Gasteiger partial charge in [0.15, 0.2) is 0 Å². The Kier molecular flexibility index (Phi) is 5.04. The lowest BCUT2D eigenvalue weighted by Gasteiger charge is -2.17. The first kappa shape index (κ1) is 17.4. The van der Waals surface area contributed by atoms with E-state index in [1.54, 1.807) is 4.90 Å². The zero-order chi connectivity index (χ0) is 18.0. The fourth-order valence-corrected chi connectivity index (χ4v) is 3.06. The monoisotopic (exact) mass is 397 g/mol. The first-order valence-corrected chi connectivity index (χ1v) is 8.87. The maximum atomic E-state index is 12.6. The molecular formula is C20H20BrN3O. The quantitative estimate of drug-likeness (QED) is 0.648. The van der Waals surface area contributed by atoms with Gasteiger partial charge in [0.05, 0.1) is 11.4 Å². The molecule has 0 atom stereocenters. The normalized spacial score (nSPS) is 10.7. The van der Waals surface area contributed by atoms with Gasteiger partial charge in [-0.15, -0.1) is 0 Å². The summed E-state index contributed by atoms with van der Waals surface area (Å²) in [5.41, 5.74) is 4.77. The van der Waals surface area contributed by atoms with Crippen LogP contribution >= 0.6 is 15.9 Å². The molecule has 1 heterocycles. The number of aromatic nitrogens is 2. The van der Waals surface area contributed by atoms with Crippen molar-refractivity contribution in [3.63, 3.8) is 0 Å². The molecule has 0 aliphatic rings. The molecule has 5 heteroatoms. The van der Waals surface area contributed by atoms with Gasteiger partial charge in [0.2, 0.25) is 0 Å². The lowest BCUT2D eigenvalue weighted by Crippen LogP contribution is -2.26. The highest BCUT2D eigenvalue weighted by atomic mass is 79.9. The third-order valence-corrected chi connectivity index (χ3v) is 4.58. The van der Waals surface area contributed by atoms with Gasteiger partial charge in [-0.3, -0.25) is 4.79 Å². The molecule has 0 radical (unpaired) electrons. The smallest absolute Gasteiger partial charge is 0.253 e. The zero-order valence-electron chi connectivity index (χ0n) is 14.5. The van der Waals surface area contributed by atoms with Crippen LogP contribution in [0.5, 0.6) is 0 Å². The minimum absolute atomic E-state index is 0.00263. The van der Waals surface area contributed by atoms with Crippen molar-refractivity contribution in [2.24, 2.45) is 0 Å². The lowest BCUT2D eigenvalue weighted by molar-refractivity contribution is 0.0785. The number of carbonyl (C=O) groups is 1. The topological polar surface area (TPSA) is 38.1 Å². The molecule has 0 N–H and O–H groups in total. The molecule has 0 fully saturated rings. The minimum Gasteiger partial charge on any atom is -0.337 e. The molecule has 0 bridgehead atoms. The number of aryl methyl sites for hydroxylation is 2. The highest BCUT2D eigenvalue weighted by Crippen LogP contribution is 2.16. The van der Waals surface area contributed by atoms with E-state index in [0.717, 1.165) is 27.1 Å². The van der Waals surface area contributed by atoms with Crippen LogP contribution in [-0.4, -0.2) is 27.6 Å². The van der Waals surface area contributed by atoms with E-state index in [0.29, 0.717) is 12.1 Å². The molecule has 128 valence electrons. The van der Waals surface area contributed by atoms with Gasteiger partial charge in [-0.25, -0.2) is 4.68 Å². The Balaban J connectivity index is 1.73. The van der Waals surface area contributed by atoms with Crippen LogP contribution in [-0.2, 0) is 6.54 Å². The molecule has 0 saturated carbocycles. The van der Waals surface area contributed by atoms with Crippen molar-refractivity contribution in [2.75, 3.05) is 7.05 Å². The summed E-state index contributed by atoms with van der Waals surface area (Å²) in [6, 6.07) is 17.6. The maximum Gasteiger partial charge on any atom is 0.253 e. The summed E-state index contributed by atoms with van der Waals surface area (Å²) in [6.45, 7) is 4.56. The fraction of sp³-hybridized carbons (Fsp3) is 0.200. The predicted molar refractivity (Wildman–Crippen MR) is 103 cm³/mol. The number of nitrogens with zero attached hydrogens (tertiary/aromatic N) is 3. The molecule has 0 aliphatic carbocycles. The number of hydrogen-bond acceptors (Lipinski definition) is 2. The number of benzene rings is 2. The van der Waals surface area contributed by atoms with Crippen LogP contribution in [0.15, 0.2) is 59.1 Å². The van der Waals surface area contributed by atoms with E-state index in [9.17, 15) is 4.79 Å². The summed E-state index contributed by atoms with van der Waals surface area (Å²) >= 11 is 3.42. The molecule has 2 aromatic carbocycles. The van der Waals surface area contributed by atoms with Crippen LogP contribution in [0, 0.1) is 13.8 Å². The van der Waals surface area contributed by atoms with E-state index < -0.39 is 0 Å². The van der Waals surface area contributed by atoms with Crippen LogP contribution in [0.1, 0.15) is 27.3 Å². The van der Waals surface area contributed by atoms with Crippen molar-refractivity contribution < 1.29 is 4.79 Å². The zero-order valence-corrected chi connectivity index (χ0v) is 16.1. The molecule has 0 spiro atoms. The number of hydrogen-bond donors (Lipinski definition) is 0. The van der Waals surface area contributed by atoms with Gasteiger partial charge in [0.25, 0.3) is 5.91 Å². The van der Waals surface area contributed by atoms with Crippen molar-refractivity contribution in [3.8, 4) is 5.69 Å². The molecule has 1 amide bonds. The van der Waals surface area contributed by atoms with E-state index in [1.165, 1.54) is 0 Å². The van der Waals surface area contributed by atoms with Crippen LogP contribution < -0.4 is 0 Å². The number of halogens is 1. The highest BCUT2D eigenvalue weighted by molar-refractivity contribution is 9.10. The first-order chi connectivity index (χ1) is 11.9. The minimum atomic E-state index is 0.00263. The van der Waals surface area contributed by atoms with Crippen molar-refractivity contribution in [1.82, 2.24) is 14.7 Å². The number of carbonyl (C=O) groups excluding carboxylic acids is 1. The summed E-state index contributed by atoms with van der Waals surface area (Å²) in [5, 5.41) is 4.47. The molecule has 0 unspecified atom stereocenters. The van der Waals surface area contributed by atoms with Crippen LogP contribution in [0.4, 0.5) is 0 Å². The van der Waals surface area contributed by atoms with Crippen molar-refractivity contribution in [3.05, 3.63) is 81.6 Å². The van der Waals surface area contributed by atoms with E-state index in [4.69, 9.17) is 0 Å². The Hall–Kier alpha value is -2.40. The fourth-order valence-electron chi connectivity index (χ4n) is 2.79. The second kappa shape index (κ2) is 7.23. The average Bonchev–Trinajstić information content (AvgIpc) is 2.94. The van der Waals surface area contributed by atoms with Gasteiger partial charge in [-0.2, -0.15) is 5.10 Å². The Morgan fingerprint density at radius 2 is 1.72 bits per heavy atom. The highest BCUT2D eigenvalue weighted by Gasteiger charge is 2.13. The van der Waals surface area contributed by atoms with Gasteiger partial charge in [-0.05, 0) is 61.9 Å². The molecule has 3 aromatic rings. The summed E-state index contributed by atoms with van der Waals surface area (Å²) < 4.78 is 2.92. The Labute approximate surface area is 156 Å². The summed E-state index contributed by atoms with van der Waals surface area (Å²) in [4.78, 5) is 14.4. The Morgan fingerprint density at radius 3 is 2.28 bits per heavy atom. The lowest BCUT2D eigenvalue weighted by atomic mass is 10.1. The van der Waals surface area contributed by atoms with E-state index in [1.807, 2.05) is 80.2 Å². The molecule has 4 nitrogen and oxygen atoms in total. The number of amides is 1. The van der Waals surface area contributed by atoms with Crippen molar-refractivity contribution in [1.29, 1.82) is 0 Å². The molecular weight excluding hydrogens is 378 g/mol. The largest absolute Gasteiger partial charge is 0.337 e. The second-order valence-electron chi connectivity index (χ2n) is 6.17. The second-order valence-corrected chi connectivity index (χ2v) is 7.09. The predicted octanol–water partition coefficient (Wildman–Crippen LogP) is 4.52. The third-order valence-electron chi connectivity index (χ3n) is 4.05. The van der Waals surface area contributed by atoms with Gasteiger partial charge in [0.1, 0.15) is 0 Å². The molecule has 0 aliphatic heterocycles. The third kappa shape index (κ3) is 3.99. The van der Waals surface area contributed by atoms with Crippen LogP contribution in [0.3, 0.4) is 0 Å². The van der Waals surface area contributed by atoms with Crippen molar-refractivity contribution in [2.45, 2.75) is 20.4 Å². The summed E-state index contributed by atoms with van der Waals surface area (Å²) in [6.07, 6.45) is 0. The summed E-state index contributed by atoms with van der Waals surface area (Å²) in [5.74, 6) is 0.00263. The van der Waals surface area contributed by atoms with Gasteiger partial charge < -0.3 is 4.90 Å². The Bertz CT molecular complexity index is 882. The van der Waals surface area contributed by atoms with Crippen molar-refractivity contribution >= 4 is 21.8 Å². The molecule has 1 aromatic heterocycles. The van der Waals surface area contributed by atoms with Gasteiger partial charge >= 0.3 is 0 Å². The van der Waals surface area contributed by atoms with Crippen LogP contribution in [0.2, 0.25) is 0 Å². The SMILES string of the molecule is Cc1cc(C)n(-c2ccc(C(=O)N(C)Cc3ccc(Br)cc3)cc2)n1.